The van der Waals surface area contributed by atoms with Crippen LogP contribution >= 0.6 is 12.2 Å². The topological polar surface area (TPSA) is 28.4 Å². The number of hydrogen-bond donors (Lipinski definition) is 1. The van der Waals surface area contributed by atoms with Gasteiger partial charge in [0, 0.05) is 27.1 Å². The van der Waals surface area contributed by atoms with E-state index in [4.69, 9.17) is 16.6 Å². The zero-order valence-electron chi connectivity index (χ0n) is 8.62. The molecule has 0 spiro atoms. The molecule has 0 aromatic carbocycles. The molecule has 0 amide bonds. The molecule has 1 aromatic rings. The van der Waals surface area contributed by atoms with Crippen LogP contribution < -0.4 is 5.32 Å². The van der Waals surface area contributed by atoms with Gasteiger partial charge >= 0.3 is 0 Å². The first-order valence-corrected chi connectivity index (χ1v) is 5.10. The third kappa shape index (κ3) is 3.38. The molecule has 78 valence electrons. The monoisotopic (exact) mass is 212 g/mol. The number of thiocarbonyl (C=S) groups is 1. The van der Waals surface area contributed by atoms with Crippen LogP contribution in [0.1, 0.15) is 12.2 Å². The fourth-order valence-corrected chi connectivity index (χ4v) is 1.33. The van der Waals surface area contributed by atoms with Crippen molar-refractivity contribution >= 4 is 17.3 Å². The normalized spacial score (nSPS) is 9.86. The summed E-state index contributed by atoms with van der Waals surface area (Å²) in [6.45, 7) is 0.945. The van der Waals surface area contributed by atoms with Gasteiger partial charge in [0.05, 0.1) is 6.26 Å². The number of nitrogens with one attached hydrogen (secondary N) is 1. The molecule has 0 atom stereocenters. The Balaban J connectivity index is 2.18. The maximum atomic E-state index is 5.24. The second-order valence-corrected chi connectivity index (χ2v) is 3.55. The lowest BCUT2D eigenvalue weighted by molar-refractivity contribution is 0.451. The summed E-state index contributed by atoms with van der Waals surface area (Å²) in [6.07, 6.45) is 3.72. The van der Waals surface area contributed by atoms with Crippen molar-refractivity contribution < 1.29 is 4.42 Å². The van der Waals surface area contributed by atoms with Crippen molar-refractivity contribution in [1.82, 2.24) is 10.2 Å². The highest BCUT2D eigenvalue weighted by molar-refractivity contribution is 7.80. The lowest BCUT2D eigenvalue weighted by atomic mass is 10.2. The molecule has 0 aliphatic rings. The van der Waals surface area contributed by atoms with Gasteiger partial charge in [-0.05, 0) is 30.8 Å². The summed E-state index contributed by atoms with van der Waals surface area (Å²) >= 11 is 5.08. The van der Waals surface area contributed by atoms with Gasteiger partial charge in [-0.2, -0.15) is 0 Å². The van der Waals surface area contributed by atoms with Gasteiger partial charge in [-0.3, -0.25) is 0 Å². The number of aryl methyl sites for hydroxylation is 1. The molecular formula is C10H16N2OS. The Morgan fingerprint density at radius 3 is 3.00 bits per heavy atom. The maximum absolute atomic E-state index is 5.24. The second kappa shape index (κ2) is 5.65. The average molecular weight is 212 g/mol. The van der Waals surface area contributed by atoms with E-state index in [0.29, 0.717) is 0 Å². The highest BCUT2D eigenvalue weighted by Gasteiger charge is 2.02. The van der Waals surface area contributed by atoms with Crippen LogP contribution in [0.25, 0.3) is 0 Å². The molecular weight excluding hydrogens is 196 g/mol. The van der Waals surface area contributed by atoms with Crippen molar-refractivity contribution in [2.24, 2.45) is 0 Å². The third-order valence-electron chi connectivity index (χ3n) is 2.06. The van der Waals surface area contributed by atoms with E-state index in [1.54, 1.807) is 6.26 Å². The molecule has 1 rings (SSSR count). The summed E-state index contributed by atoms with van der Waals surface area (Å²) in [7, 11) is 3.83. The molecule has 0 unspecified atom stereocenters. The summed E-state index contributed by atoms with van der Waals surface area (Å²) in [6, 6.07) is 3.91. The Labute approximate surface area is 90.1 Å². The number of nitrogens with zero attached hydrogens (tertiary/aromatic N) is 1. The van der Waals surface area contributed by atoms with Crippen molar-refractivity contribution in [1.29, 1.82) is 0 Å². The maximum Gasteiger partial charge on any atom is 0.168 e. The van der Waals surface area contributed by atoms with Crippen molar-refractivity contribution in [3.63, 3.8) is 0 Å². The van der Waals surface area contributed by atoms with Crippen LogP contribution in [-0.4, -0.2) is 30.7 Å². The zero-order chi connectivity index (χ0) is 10.4. The fraction of sp³-hybridized carbons (Fsp3) is 0.500. The summed E-state index contributed by atoms with van der Waals surface area (Å²) in [5, 5.41) is 3.72. The van der Waals surface area contributed by atoms with Crippen LogP contribution in [0.4, 0.5) is 0 Å². The minimum Gasteiger partial charge on any atom is -0.469 e. The standard InChI is InChI=1S/C10H16N2OS/c1-11-10(14)12(2)7-3-5-9-6-4-8-13-9/h4,6,8H,3,5,7H2,1-2H3,(H,11,14). The van der Waals surface area contributed by atoms with Crippen molar-refractivity contribution in [3.8, 4) is 0 Å². The lowest BCUT2D eigenvalue weighted by Crippen LogP contribution is -2.35. The van der Waals surface area contributed by atoms with E-state index in [1.165, 1.54) is 0 Å². The molecule has 1 N–H and O–H groups in total. The van der Waals surface area contributed by atoms with E-state index < -0.39 is 0 Å². The summed E-state index contributed by atoms with van der Waals surface area (Å²) in [4.78, 5) is 2.03. The van der Waals surface area contributed by atoms with Gasteiger partial charge in [0.25, 0.3) is 0 Å². The molecule has 0 fully saturated rings. The van der Waals surface area contributed by atoms with E-state index in [9.17, 15) is 0 Å². The van der Waals surface area contributed by atoms with Crippen LogP contribution in [0.2, 0.25) is 0 Å². The summed E-state index contributed by atoms with van der Waals surface area (Å²) in [5.74, 6) is 1.04. The molecule has 0 bridgehead atoms. The molecule has 14 heavy (non-hydrogen) atoms. The second-order valence-electron chi connectivity index (χ2n) is 3.16. The highest BCUT2D eigenvalue weighted by Crippen LogP contribution is 2.03. The zero-order valence-corrected chi connectivity index (χ0v) is 9.43. The van der Waals surface area contributed by atoms with Crippen molar-refractivity contribution in [2.75, 3.05) is 20.6 Å². The average Bonchev–Trinajstić information content (AvgIpc) is 2.69. The van der Waals surface area contributed by atoms with E-state index >= 15 is 0 Å². The highest BCUT2D eigenvalue weighted by atomic mass is 32.1. The van der Waals surface area contributed by atoms with Crippen LogP contribution in [0.3, 0.4) is 0 Å². The first kappa shape index (κ1) is 11.0. The first-order chi connectivity index (χ1) is 6.74. The first-order valence-electron chi connectivity index (χ1n) is 4.69. The molecule has 3 nitrogen and oxygen atoms in total. The van der Waals surface area contributed by atoms with Crippen LogP contribution in [-0.2, 0) is 6.42 Å². The van der Waals surface area contributed by atoms with Gasteiger partial charge in [0.2, 0.25) is 0 Å². The molecule has 0 aliphatic heterocycles. The van der Waals surface area contributed by atoms with E-state index in [0.717, 1.165) is 30.3 Å². The summed E-state index contributed by atoms with van der Waals surface area (Å²) in [5.41, 5.74) is 0. The van der Waals surface area contributed by atoms with E-state index in [2.05, 4.69) is 5.32 Å². The minimum absolute atomic E-state index is 0.782. The molecule has 4 heteroatoms. The van der Waals surface area contributed by atoms with Gasteiger partial charge in [-0.15, -0.1) is 0 Å². The van der Waals surface area contributed by atoms with E-state index in [1.807, 2.05) is 31.1 Å². The fourth-order valence-electron chi connectivity index (χ4n) is 1.24. The Kier molecular flexibility index (Phi) is 4.46. The largest absolute Gasteiger partial charge is 0.469 e. The van der Waals surface area contributed by atoms with Gasteiger partial charge in [0.1, 0.15) is 5.76 Å². The summed E-state index contributed by atoms with van der Waals surface area (Å²) < 4.78 is 5.24. The predicted octanol–water partition coefficient (Wildman–Crippen LogP) is 1.65. The SMILES string of the molecule is CNC(=S)N(C)CCCc1ccco1. The molecule has 0 aliphatic carbocycles. The minimum atomic E-state index is 0.782. The Hall–Kier alpha value is -1.03. The van der Waals surface area contributed by atoms with Gasteiger partial charge in [-0.25, -0.2) is 0 Å². The third-order valence-corrected chi connectivity index (χ3v) is 2.57. The van der Waals surface area contributed by atoms with Crippen LogP contribution in [0, 0.1) is 0 Å². The van der Waals surface area contributed by atoms with E-state index in [-0.39, 0.29) is 0 Å². The lowest BCUT2D eigenvalue weighted by Gasteiger charge is -2.18. The van der Waals surface area contributed by atoms with Crippen LogP contribution in [0.15, 0.2) is 22.8 Å². The molecule has 0 radical (unpaired) electrons. The Morgan fingerprint density at radius 2 is 2.43 bits per heavy atom. The van der Waals surface area contributed by atoms with Crippen molar-refractivity contribution in [2.45, 2.75) is 12.8 Å². The van der Waals surface area contributed by atoms with Gasteiger partial charge < -0.3 is 14.6 Å². The molecule has 1 aromatic heterocycles. The molecule has 0 saturated carbocycles. The Bertz CT molecular complexity index is 272. The van der Waals surface area contributed by atoms with Gasteiger partial charge in [0.15, 0.2) is 5.11 Å². The molecule has 0 saturated heterocycles. The Morgan fingerprint density at radius 1 is 1.64 bits per heavy atom. The smallest absolute Gasteiger partial charge is 0.168 e. The quantitative estimate of drug-likeness (QED) is 0.768. The van der Waals surface area contributed by atoms with Crippen molar-refractivity contribution in [3.05, 3.63) is 24.2 Å². The number of rotatable bonds is 4. The van der Waals surface area contributed by atoms with Gasteiger partial charge in [-0.1, -0.05) is 0 Å². The predicted molar refractivity (Wildman–Crippen MR) is 61.3 cm³/mol. The number of furan rings is 1. The number of hydrogen-bond acceptors (Lipinski definition) is 2. The molecule has 1 heterocycles. The van der Waals surface area contributed by atoms with Crippen LogP contribution in [0.5, 0.6) is 0 Å².